The van der Waals surface area contributed by atoms with Gasteiger partial charge >= 0.3 is 0 Å². The van der Waals surface area contributed by atoms with E-state index in [-0.39, 0.29) is 6.61 Å². The Kier molecular flexibility index (Phi) is 6.73. The molecule has 6 nitrogen and oxygen atoms in total. The fraction of sp³-hybridized carbons (Fsp3) is 0.172. The molecule has 0 radical (unpaired) electrons. The van der Waals surface area contributed by atoms with Gasteiger partial charge in [0.1, 0.15) is 35.3 Å². The van der Waals surface area contributed by atoms with Gasteiger partial charge in [0.15, 0.2) is 0 Å². The summed E-state index contributed by atoms with van der Waals surface area (Å²) in [5.74, 6) is 3.36. The lowest BCUT2D eigenvalue weighted by Gasteiger charge is -2.06. The van der Waals surface area contributed by atoms with E-state index in [2.05, 4.69) is 9.97 Å². The Labute approximate surface area is 203 Å². The van der Waals surface area contributed by atoms with Crippen molar-refractivity contribution in [3.63, 3.8) is 0 Å². The van der Waals surface area contributed by atoms with Gasteiger partial charge < -0.3 is 18.7 Å². The minimum atomic E-state index is -0.147. The molecule has 0 aliphatic carbocycles. The Balaban J connectivity index is 1.19. The van der Waals surface area contributed by atoms with Crippen molar-refractivity contribution in [2.75, 3.05) is 0 Å². The van der Waals surface area contributed by atoms with Crippen LogP contribution in [0, 0.1) is 6.92 Å². The largest absolute Gasteiger partial charge is 0.487 e. The summed E-state index contributed by atoms with van der Waals surface area (Å²) in [6, 6.07) is 27.5. The molecule has 0 saturated carbocycles. The highest BCUT2D eigenvalue weighted by Crippen LogP contribution is 2.25. The van der Waals surface area contributed by atoms with Gasteiger partial charge in [-0.25, -0.2) is 9.97 Å². The molecule has 0 fully saturated rings. The van der Waals surface area contributed by atoms with Gasteiger partial charge in [-0.1, -0.05) is 48.5 Å². The minimum Gasteiger partial charge on any atom is -0.487 e. The number of aliphatic hydroxyl groups is 1. The van der Waals surface area contributed by atoms with Gasteiger partial charge in [0.25, 0.3) is 0 Å². The third kappa shape index (κ3) is 5.34. The van der Waals surface area contributed by atoms with Crippen molar-refractivity contribution in [2.45, 2.75) is 33.0 Å². The van der Waals surface area contributed by atoms with E-state index < -0.39 is 0 Å². The predicted octanol–water partition coefficient (Wildman–Crippen LogP) is 6.16. The van der Waals surface area contributed by atoms with Crippen LogP contribution in [0.5, 0.6) is 5.75 Å². The van der Waals surface area contributed by atoms with Crippen molar-refractivity contribution >= 4 is 0 Å². The summed E-state index contributed by atoms with van der Waals surface area (Å²) in [7, 11) is 0. The molecule has 6 heteroatoms. The first-order valence-corrected chi connectivity index (χ1v) is 11.6. The molecule has 0 aliphatic rings. The molecule has 2 aromatic heterocycles. The van der Waals surface area contributed by atoms with E-state index in [1.807, 2.05) is 91.9 Å². The fourth-order valence-corrected chi connectivity index (χ4v) is 3.83. The topological polar surface area (TPSA) is 81.5 Å². The maximum absolute atomic E-state index is 9.70. The zero-order chi connectivity index (χ0) is 24.0. The summed E-state index contributed by atoms with van der Waals surface area (Å²) in [6.45, 7) is 2.09. The van der Waals surface area contributed by atoms with Crippen LogP contribution in [0.15, 0.2) is 93.8 Å². The SMILES string of the molecule is Cc1oc(-c2ccccc2)nc1COc1ccc(CCc2oc(-c3ccccc3)nc2CO)cc1. The molecule has 0 amide bonds. The Morgan fingerprint density at radius 3 is 1.94 bits per heavy atom. The molecule has 0 unspecified atom stereocenters. The first-order valence-electron chi connectivity index (χ1n) is 11.6. The van der Waals surface area contributed by atoms with Crippen LogP contribution in [0.25, 0.3) is 22.9 Å². The van der Waals surface area contributed by atoms with Gasteiger partial charge in [-0.2, -0.15) is 0 Å². The lowest BCUT2D eigenvalue weighted by atomic mass is 10.1. The lowest BCUT2D eigenvalue weighted by Crippen LogP contribution is -1.98. The van der Waals surface area contributed by atoms with Crippen LogP contribution in [0.3, 0.4) is 0 Å². The molecule has 176 valence electrons. The average molecular weight is 467 g/mol. The standard InChI is InChI=1S/C29H26N2O4/c1-20-26(31-28(34-20)22-8-4-2-5-9-22)19-33-24-15-12-21(13-16-24)14-17-27-25(18-32)30-29(35-27)23-10-6-3-7-11-23/h2-13,15-16,32H,14,17-19H2,1H3. The maximum Gasteiger partial charge on any atom is 0.226 e. The monoisotopic (exact) mass is 466 g/mol. The Hall–Kier alpha value is -4.16. The molecule has 0 atom stereocenters. The van der Waals surface area contributed by atoms with Crippen molar-refractivity contribution in [1.29, 1.82) is 0 Å². The molecule has 0 bridgehead atoms. The molecule has 0 saturated heterocycles. The van der Waals surface area contributed by atoms with Crippen molar-refractivity contribution in [3.05, 3.63) is 113 Å². The average Bonchev–Trinajstić information content (AvgIpc) is 3.51. The number of aliphatic hydroxyl groups excluding tert-OH is 1. The van der Waals surface area contributed by atoms with Crippen molar-refractivity contribution < 1.29 is 18.7 Å². The van der Waals surface area contributed by atoms with Gasteiger partial charge in [-0.05, 0) is 55.3 Å². The van der Waals surface area contributed by atoms with Crippen LogP contribution in [0.2, 0.25) is 0 Å². The van der Waals surface area contributed by atoms with Crippen molar-refractivity contribution in [3.8, 4) is 28.7 Å². The third-order valence-electron chi connectivity index (χ3n) is 5.80. The molecule has 3 aromatic carbocycles. The van der Waals surface area contributed by atoms with E-state index in [1.165, 1.54) is 0 Å². The van der Waals surface area contributed by atoms with Gasteiger partial charge in [0.2, 0.25) is 11.8 Å². The Bertz CT molecular complexity index is 1370. The molecule has 1 N–H and O–H groups in total. The molecule has 2 heterocycles. The van der Waals surface area contributed by atoms with Crippen LogP contribution < -0.4 is 4.74 Å². The number of aryl methyl sites for hydroxylation is 3. The highest BCUT2D eigenvalue weighted by atomic mass is 16.5. The van der Waals surface area contributed by atoms with Crippen LogP contribution in [-0.2, 0) is 26.1 Å². The number of hydrogen-bond donors (Lipinski definition) is 1. The number of ether oxygens (including phenoxy) is 1. The zero-order valence-electron chi connectivity index (χ0n) is 19.5. The first-order chi connectivity index (χ1) is 17.2. The minimum absolute atomic E-state index is 0.147. The number of hydrogen-bond acceptors (Lipinski definition) is 6. The Morgan fingerprint density at radius 1 is 0.714 bits per heavy atom. The lowest BCUT2D eigenvalue weighted by molar-refractivity contribution is 0.274. The third-order valence-corrected chi connectivity index (χ3v) is 5.80. The Morgan fingerprint density at radius 2 is 1.31 bits per heavy atom. The number of nitrogens with zero attached hydrogens (tertiary/aromatic N) is 2. The zero-order valence-corrected chi connectivity index (χ0v) is 19.5. The molecular weight excluding hydrogens is 440 g/mol. The van der Waals surface area contributed by atoms with E-state index in [9.17, 15) is 5.11 Å². The van der Waals surface area contributed by atoms with Gasteiger partial charge in [-0.3, -0.25) is 0 Å². The van der Waals surface area contributed by atoms with Crippen LogP contribution in [0.1, 0.15) is 28.5 Å². The van der Waals surface area contributed by atoms with E-state index in [0.29, 0.717) is 36.3 Å². The quantitative estimate of drug-likeness (QED) is 0.280. The normalized spacial score (nSPS) is 11.0. The summed E-state index contributed by atoms with van der Waals surface area (Å²) in [5.41, 5.74) is 4.35. The van der Waals surface area contributed by atoms with Crippen LogP contribution in [0.4, 0.5) is 0 Å². The van der Waals surface area contributed by atoms with Crippen molar-refractivity contribution in [1.82, 2.24) is 9.97 Å². The summed E-state index contributed by atoms with van der Waals surface area (Å²) >= 11 is 0. The molecule has 35 heavy (non-hydrogen) atoms. The smallest absolute Gasteiger partial charge is 0.226 e. The van der Waals surface area contributed by atoms with Crippen LogP contribution >= 0.6 is 0 Å². The van der Waals surface area contributed by atoms with Gasteiger partial charge in [-0.15, -0.1) is 0 Å². The predicted molar refractivity (Wildman–Crippen MR) is 133 cm³/mol. The van der Waals surface area contributed by atoms with Gasteiger partial charge in [0.05, 0.1) is 6.61 Å². The number of rotatable bonds is 9. The maximum atomic E-state index is 9.70. The fourth-order valence-electron chi connectivity index (χ4n) is 3.83. The van der Waals surface area contributed by atoms with E-state index in [1.54, 1.807) is 0 Å². The molecule has 5 rings (SSSR count). The summed E-state index contributed by atoms with van der Waals surface area (Å²) in [5, 5.41) is 9.70. The van der Waals surface area contributed by atoms with E-state index >= 15 is 0 Å². The highest BCUT2D eigenvalue weighted by molar-refractivity contribution is 5.54. The number of aromatic nitrogens is 2. The van der Waals surface area contributed by atoms with E-state index in [0.717, 1.165) is 40.3 Å². The number of benzene rings is 3. The summed E-state index contributed by atoms with van der Waals surface area (Å²) in [6.07, 6.45) is 1.41. The second kappa shape index (κ2) is 10.4. The number of oxazole rings is 2. The highest BCUT2D eigenvalue weighted by Gasteiger charge is 2.14. The summed E-state index contributed by atoms with van der Waals surface area (Å²) < 4.78 is 17.7. The molecular formula is C29H26N2O4. The molecule has 0 spiro atoms. The van der Waals surface area contributed by atoms with Gasteiger partial charge in [0, 0.05) is 17.5 Å². The summed E-state index contributed by atoms with van der Waals surface area (Å²) in [4.78, 5) is 9.04. The van der Waals surface area contributed by atoms with Crippen molar-refractivity contribution in [2.24, 2.45) is 0 Å². The first kappa shape index (κ1) is 22.6. The second-order valence-electron chi connectivity index (χ2n) is 8.23. The van der Waals surface area contributed by atoms with E-state index in [4.69, 9.17) is 13.6 Å². The molecule has 0 aliphatic heterocycles. The second-order valence-corrected chi connectivity index (χ2v) is 8.23. The molecule has 5 aromatic rings. The van der Waals surface area contributed by atoms with Crippen LogP contribution in [-0.4, -0.2) is 15.1 Å².